The lowest BCUT2D eigenvalue weighted by Gasteiger charge is -2.40. The molecule has 1 fully saturated rings. The minimum atomic E-state index is -0.829. The molecule has 4 heteroatoms. The Hall–Kier alpha value is -1.55. The number of benzene rings is 1. The zero-order valence-electron chi connectivity index (χ0n) is 13.1. The molecule has 116 valence electrons. The van der Waals surface area contributed by atoms with Gasteiger partial charge < -0.3 is 15.5 Å². The summed E-state index contributed by atoms with van der Waals surface area (Å²) in [5, 5.41) is 23.1. The van der Waals surface area contributed by atoms with E-state index in [9.17, 15) is 15.0 Å². The van der Waals surface area contributed by atoms with E-state index in [0.717, 1.165) is 18.4 Å². The number of rotatable bonds is 3. The highest BCUT2D eigenvalue weighted by atomic mass is 16.3. The molecule has 1 amide bonds. The van der Waals surface area contributed by atoms with E-state index in [1.807, 2.05) is 6.92 Å². The van der Waals surface area contributed by atoms with Gasteiger partial charge in [0.1, 0.15) is 5.75 Å². The predicted octanol–water partition coefficient (Wildman–Crippen LogP) is 2.76. The molecule has 1 saturated carbocycles. The highest BCUT2D eigenvalue weighted by molar-refractivity contribution is 5.97. The molecule has 0 unspecified atom stereocenters. The predicted molar refractivity (Wildman–Crippen MR) is 82.4 cm³/mol. The highest BCUT2D eigenvalue weighted by Gasteiger charge is 2.36. The van der Waals surface area contributed by atoms with Crippen molar-refractivity contribution in [1.82, 2.24) is 5.32 Å². The average Bonchev–Trinajstić information content (AvgIpc) is 2.43. The van der Waals surface area contributed by atoms with Gasteiger partial charge in [-0.05, 0) is 50.2 Å². The fourth-order valence-corrected chi connectivity index (χ4v) is 2.74. The van der Waals surface area contributed by atoms with Crippen molar-refractivity contribution < 1.29 is 15.0 Å². The summed E-state index contributed by atoms with van der Waals surface area (Å²) in [4.78, 5) is 12.1. The van der Waals surface area contributed by atoms with E-state index in [2.05, 4.69) is 19.2 Å². The summed E-state index contributed by atoms with van der Waals surface area (Å²) in [5.74, 6) is -0.371. The zero-order chi connectivity index (χ0) is 15.7. The third-order valence-corrected chi connectivity index (χ3v) is 4.51. The molecule has 1 aliphatic carbocycles. The monoisotopic (exact) mass is 291 g/mol. The molecule has 0 bridgehead atoms. The second-order valence-corrected chi connectivity index (χ2v) is 7.09. The Kier molecular flexibility index (Phi) is 4.28. The van der Waals surface area contributed by atoms with Crippen molar-refractivity contribution in [3.63, 3.8) is 0 Å². The number of phenolic OH excluding ortho intramolecular Hbond substituents is 1. The van der Waals surface area contributed by atoms with Crippen LogP contribution in [0.5, 0.6) is 5.75 Å². The van der Waals surface area contributed by atoms with Crippen LogP contribution in [0.15, 0.2) is 18.2 Å². The van der Waals surface area contributed by atoms with Crippen LogP contribution < -0.4 is 5.32 Å². The number of hydrogen-bond acceptors (Lipinski definition) is 3. The number of aliphatic hydroxyl groups is 1. The molecule has 4 nitrogen and oxygen atoms in total. The molecule has 2 rings (SSSR count). The van der Waals surface area contributed by atoms with Gasteiger partial charge in [0.25, 0.3) is 5.91 Å². The Morgan fingerprint density at radius 2 is 1.86 bits per heavy atom. The summed E-state index contributed by atoms with van der Waals surface area (Å²) in [6.45, 7) is 6.51. The van der Waals surface area contributed by atoms with Gasteiger partial charge >= 0.3 is 0 Å². The molecule has 3 N–H and O–H groups in total. The first kappa shape index (κ1) is 15.8. The summed E-state index contributed by atoms with van der Waals surface area (Å²) in [6.07, 6.45) is 3.30. The molecule has 1 aromatic carbocycles. The molecular weight excluding hydrogens is 266 g/mol. The van der Waals surface area contributed by atoms with Crippen molar-refractivity contribution in [2.45, 2.75) is 52.1 Å². The normalized spacial score (nSPS) is 20.0. The molecule has 0 aliphatic heterocycles. The maximum Gasteiger partial charge on any atom is 0.255 e. The SMILES string of the molecule is Cc1ccc(O)c(C(=O)NCC2(O)CCC(C)(C)CC2)c1. The number of amides is 1. The molecule has 1 aliphatic rings. The third kappa shape index (κ3) is 3.97. The Balaban J connectivity index is 1.97. The highest BCUT2D eigenvalue weighted by Crippen LogP contribution is 2.39. The topological polar surface area (TPSA) is 69.6 Å². The van der Waals surface area contributed by atoms with Crippen LogP contribution in [0.2, 0.25) is 0 Å². The van der Waals surface area contributed by atoms with Gasteiger partial charge in [0, 0.05) is 6.54 Å². The van der Waals surface area contributed by atoms with Crippen molar-refractivity contribution in [1.29, 1.82) is 0 Å². The van der Waals surface area contributed by atoms with Gasteiger partial charge in [-0.1, -0.05) is 25.5 Å². The van der Waals surface area contributed by atoms with Crippen LogP contribution in [0.1, 0.15) is 55.5 Å². The first-order chi connectivity index (χ1) is 9.71. The third-order valence-electron chi connectivity index (χ3n) is 4.51. The van der Waals surface area contributed by atoms with Crippen LogP contribution >= 0.6 is 0 Å². The van der Waals surface area contributed by atoms with Crippen molar-refractivity contribution in [3.8, 4) is 5.75 Å². The van der Waals surface area contributed by atoms with E-state index >= 15 is 0 Å². The van der Waals surface area contributed by atoms with Gasteiger partial charge in [-0.2, -0.15) is 0 Å². The smallest absolute Gasteiger partial charge is 0.255 e. The second-order valence-electron chi connectivity index (χ2n) is 7.09. The Bertz CT molecular complexity index is 527. The molecule has 0 saturated heterocycles. The largest absolute Gasteiger partial charge is 0.507 e. The molecule has 0 atom stereocenters. The quantitative estimate of drug-likeness (QED) is 0.802. The molecular formula is C17H25NO3. The lowest BCUT2D eigenvalue weighted by Crippen LogP contribution is -2.46. The van der Waals surface area contributed by atoms with Gasteiger partial charge in [0.05, 0.1) is 11.2 Å². The molecule has 1 aromatic rings. The van der Waals surface area contributed by atoms with Gasteiger partial charge in [-0.15, -0.1) is 0 Å². The van der Waals surface area contributed by atoms with Crippen LogP contribution in [0.4, 0.5) is 0 Å². The van der Waals surface area contributed by atoms with Gasteiger partial charge in [0.15, 0.2) is 0 Å². The van der Waals surface area contributed by atoms with E-state index < -0.39 is 5.60 Å². The van der Waals surface area contributed by atoms with Gasteiger partial charge in [-0.3, -0.25) is 4.79 Å². The van der Waals surface area contributed by atoms with E-state index in [1.165, 1.54) is 6.07 Å². The molecule has 0 spiro atoms. The summed E-state index contributed by atoms with van der Waals surface area (Å²) in [6, 6.07) is 4.92. The number of phenols is 1. The summed E-state index contributed by atoms with van der Waals surface area (Å²) in [7, 11) is 0. The van der Waals surface area contributed by atoms with Crippen LogP contribution in [0, 0.1) is 12.3 Å². The average molecular weight is 291 g/mol. The lowest BCUT2D eigenvalue weighted by atomic mass is 9.71. The summed E-state index contributed by atoms with van der Waals surface area (Å²) in [5.41, 5.74) is 0.612. The lowest BCUT2D eigenvalue weighted by molar-refractivity contribution is -0.0233. The van der Waals surface area contributed by atoms with Crippen LogP contribution in [-0.2, 0) is 0 Å². The molecule has 0 radical (unpaired) electrons. The minimum Gasteiger partial charge on any atom is -0.507 e. The van der Waals surface area contributed by atoms with Crippen molar-refractivity contribution in [2.24, 2.45) is 5.41 Å². The maximum atomic E-state index is 12.1. The van der Waals surface area contributed by atoms with E-state index in [4.69, 9.17) is 0 Å². The van der Waals surface area contributed by atoms with Gasteiger partial charge in [-0.25, -0.2) is 0 Å². The van der Waals surface area contributed by atoms with Crippen LogP contribution in [0.25, 0.3) is 0 Å². The Labute approximate surface area is 126 Å². The number of nitrogens with one attached hydrogen (secondary N) is 1. The fourth-order valence-electron chi connectivity index (χ4n) is 2.74. The van der Waals surface area contributed by atoms with E-state index in [-0.39, 0.29) is 29.2 Å². The van der Waals surface area contributed by atoms with Gasteiger partial charge in [0.2, 0.25) is 0 Å². The van der Waals surface area contributed by atoms with Crippen LogP contribution in [-0.4, -0.2) is 28.3 Å². The summed E-state index contributed by atoms with van der Waals surface area (Å²) < 4.78 is 0. The van der Waals surface area contributed by atoms with Crippen LogP contribution in [0.3, 0.4) is 0 Å². The molecule has 0 heterocycles. The summed E-state index contributed by atoms with van der Waals surface area (Å²) >= 11 is 0. The Morgan fingerprint density at radius 3 is 2.48 bits per heavy atom. The second kappa shape index (κ2) is 5.68. The van der Waals surface area contributed by atoms with E-state index in [1.54, 1.807) is 12.1 Å². The first-order valence-electron chi connectivity index (χ1n) is 7.51. The molecule has 21 heavy (non-hydrogen) atoms. The zero-order valence-corrected chi connectivity index (χ0v) is 13.1. The Morgan fingerprint density at radius 1 is 1.24 bits per heavy atom. The molecule has 0 aromatic heterocycles. The van der Waals surface area contributed by atoms with Crippen molar-refractivity contribution in [3.05, 3.63) is 29.3 Å². The number of aromatic hydroxyl groups is 1. The number of carbonyl (C=O) groups excluding carboxylic acids is 1. The number of aryl methyl sites for hydroxylation is 1. The standard InChI is InChI=1S/C17H25NO3/c1-12-4-5-14(19)13(10-12)15(20)18-11-17(21)8-6-16(2,3)7-9-17/h4-5,10,19,21H,6-9,11H2,1-3H3,(H,18,20). The van der Waals surface area contributed by atoms with E-state index in [0.29, 0.717) is 12.8 Å². The van der Waals surface area contributed by atoms with Crippen molar-refractivity contribution >= 4 is 5.91 Å². The maximum absolute atomic E-state index is 12.1. The van der Waals surface area contributed by atoms with Crippen molar-refractivity contribution in [2.75, 3.05) is 6.54 Å². The number of carbonyl (C=O) groups is 1. The minimum absolute atomic E-state index is 0.0325. The first-order valence-corrected chi connectivity index (χ1v) is 7.51. The fraction of sp³-hybridized carbons (Fsp3) is 0.588. The number of hydrogen-bond donors (Lipinski definition) is 3.